The predicted octanol–water partition coefficient (Wildman–Crippen LogP) is 2.14. The van der Waals surface area contributed by atoms with E-state index >= 15 is 0 Å². The van der Waals surface area contributed by atoms with Crippen molar-refractivity contribution in [1.82, 2.24) is 0 Å². The molecule has 1 aliphatic heterocycles. The third-order valence-electron chi connectivity index (χ3n) is 3.63. The molecule has 3 rings (SSSR count). The SMILES string of the molecule is NC1CCCC(Nc2ccc3c(c2)OCCO3)C1. The molecule has 2 atom stereocenters. The smallest absolute Gasteiger partial charge is 0.163 e. The fourth-order valence-corrected chi connectivity index (χ4v) is 2.73. The maximum atomic E-state index is 6.00. The zero-order valence-electron chi connectivity index (χ0n) is 10.5. The molecule has 0 bridgehead atoms. The summed E-state index contributed by atoms with van der Waals surface area (Å²) < 4.78 is 11.1. The second-order valence-corrected chi connectivity index (χ2v) is 5.13. The molecule has 0 saturated heterocycles. The fourth-order valence-electron chi connectivity index (χ4n) is 2.73. The molecule has 3 N–H and O–H groups in total. The molecule has 18 heavy (non-hydrogen) atoms. The second-order valence-electron chi connectivity index (χ2n) is 5.13. The lowest BCUT2D eigenvalue weighted by Gasteiger charge is -2.28. The summed E-state index contributed by atoms with van der Waals surface area (Å²) in [6.45, 7) is 1.27. The summed E-state index contributed by atoms with van der Waals surface area (Å²) in [6, 6.07) is 6.87. The van der Waals surface area contributed by atoms with Crippen LogP contribution in [0.15, 0.2) is 18.2 Å². The van der Waals surface area contributed by atoms with Crippen LogP contribution in [-0.4, -0.2) is 25.3 Å². The maximum Gasteiger partial charge on any atom is 0.163 e. The quantitative estimate of drug-likeness (QED) is 0.842. The third kappa shape index (κ3) is 2.53. The summed E-state index contributed by atoms with van der Waals surface area (Å²) in [6.07, 6.45) is 4.61. The highest BCUT2D eigenvalue weighted by Gasteiger charge is 2.19. The normalized spacial score (nSPS) is 26.7. The molecule has 2 aliphatic rings. The highest BCUT2D eigenvalue weighted by molar-refractivity contribution is 5.55. The van der Waals surface area contributed by atoms with E-state index in [4.69, 9.17) is 15.2 Å². The summed E-state index contributed by atoms with van der Waals surface area (Å²) in [7, 11) is 0. The first-order chi connectivity index (χ1) is 8.81. The van der Waals surface area contributed by atoms with Crippen molar-refractivity contribution in [3.8, 4) is 11.5 Å². The van der Waals surface area contributed by atoms with Crippen molar-refractivity contribution >= 4 is 5.69 Å². The Balaban J connectivity index is 1.69. The lowest BCUT2D eigenvalue weighted by Crippen LogP contribution is -2.34. The van der Waals surface area contributed by atoms with Crippen molar-refractivity contribution in [2.75, 3.05) is 18.5 Å². The number of nitrogens with one attached hydrogen (secondary N) is 1. The zero-order chi connectivity index (χ0) is 12.4. The van der Waals surface area contributed by atoms with E-state index in [9.17, 15) is 0 Å². The van der Waals surface area contributed by atoms with Crippen LogP contribution in [0.2, 0.25) is 0 Å². The van der Waals surface area contributed by atoms with Gasteiger partial charge in [-0.15, -0.1) is 0 Å². The molecule has 1 fully saturated rings. The predicted molar refractivity (Wildman–Crippen MR) is 71.3 cm³/mol. The molecule has 98 valence electrons. The maximum absolute atomic E-state index is 6.00. The Morgan fingerprint density at radius 1 is 1.11 bits per heavy atom. The molecule has 1 heterocycles. The summed E-state index contributed by atoms with van der Waals surface area (Å²) in [4.78, 5) is 0. The number of ether oxygens (including phenoxy) is 2. The van der Waals surface area contributed by atoms with Gasteiger partial charge in [-0.3, -0.25) is 0 Å². The van der Waals surface area contributed by atoms with E-state index in [-0.39, 0.29) is 0 Å². The van der Waals surface area contributed by atoms with Crippen LogP contribution in [0.4, 0.5) is 5.69 Å². The van der Waals surface area contributed by atoms with Gasteiger partial charge in [0.15, 0.2) is 11.5 Å². The minimum absolute atomic E-state index is 0.341. The molecule has 4 heteroatoms. The lowest BCUT2D eigenvalue weighted by atomic mass is 9.91. The molecule has 4 nitrogen and oxygen atoms in total. The van der Waals surface area contributed by atoms with E-state index in [0.717, 1.165) is 30.0 Å². The topological polar surface area (TPSA) is 56.5 Å². The lowest BCUT2D eigenvalue weighted by molar-refractivity contribution is 0.171. The van der Waals surface area contributed by atoms with Gasteiger partial charge in [0, 0.05) is 23.8 Å². The Kier molecular flexibility index (Phi) is 3.28. The van der Waals surface area contributed by atoms with Crippen LogP contribution >= 0.6 is 0 Å². The molecule has 1 saturated carbocycles. The Morgan fingerprint density at radius 2 is 1.94 bits per heavy atom. The average molecular weight is 248 g/mol. The van der Waals surface area contributed by atoms with Gasteiger partial charge in [0.1, 0.15) is 13.2 Å². The van der Waals surface area contributed by atoms with Crippen molar-refractivity contribution < 1.29 is 9.47 Å². The van der Waals surface area contributed by atoms with E-state index in [1.165, 1.54) is 12.8 Å². The van der Waals surface area contributed by atoms with Gasteiger partial charge in [0.2, 0.25) is 0 Å². The molecule has 1 aromatic rings. The summed E-state index contributed by atoms with van der Waals surface area (Å²) in [5.41, 5.74) is 7.10. The first kappa shape index (κ1) is 11.7. The van der Waals surface area contributed by atoms with Crippen molar-refractivity contribution in [1.29, 1.82) is 0 Å². The highest BCUT2D eigenvalue weighted by Crippen LogP contribution is 2.33. The van der Waals surface area contributed by atoms with Crippen molar-refractivity contribution in [3.63, 3.8) is 0 Å². The first-order valence-corrected chi connectivity index (χ1v) is 6.73. The number of hydrogen-bond donors (Lipinski definition) is 2. The van der Waals surface area contributed by atoms with Gasteiger partial charge in [0.05, 0.1) is 0 Å². The van der Waals surface area contributed by atoms with Crippen molar-refractivity contribution in [2.24, 2.45) is 5.73 Å². The number of anilines is 1. The second kappa shape index (κ2) is 5.06. The molecule has 0 amide bonds. The average Bonchev–Trinajstić information content (AvgIpc) is 2.39. The van der Waals surface area contributed by atoms with Gasteiger partial charge in [-0.05, 0) is 37.8 Å². The van der Waals surface area contributed by atoms with Crippen LogP contribution in [0.3, 0.4) is 0 Å². The molecule has 1 aliphatic carbocycles. The number of hydrogen-bond acceptors (Lipinski definition) is 4. The highest BCUT2D eigenvalue weighted by atomic mass is 16.6. The van der Waals surface area contributed by atoms with E-state index in [2.05, 4.69) is 5.32 Å². The molecule has 2 unspecified atom stereocenters. The van der Waals surface area contributed by atoms with Gasteiger partial charge in [-0.25, -0.2) is 0 Å². The van der Waals surface area contributed by atoms with Gasteiger partial charge in [-0.1, -0.05) is 0 Å². The number of nitrogens with two attached hydrogens (primary N) is 1. The van der Waals surface area contributed by atoms with Crippen molar-refractivity contribution in [2.45, 2.75) is 37.8 Å². The van der Waals surface area contributed by atoms with E-state index < -0.39 is 0 Å². The van der Waals surface area contributed by atoms with E-state index in [1.807, 2.05) is 18.2 Å². The van der Waals surface area contributed by atoms with Crippen LogP contribution in [0.1, 0.15) is 25.7 Å². The monoisotopic (exact) mass is 248 g/mol. The summed E-state index contributed by atoms with van der Waals surface area (Å²) in [5.74, 6) is 1.68. The van der Waals surface area contributed by atoms with Gasteiger partial charge >= 0.3 is 0 Å². The van der Waals surface area contributed by atoms with Crippen LogP contribution in [0, 0.1) is 0 Å². The molecule has 0 aromatic heterocycles. The van der Waals surface area contributed by atoms with Crippen LogP contribution in [0.5, 0.6) is 11.5 Å². The number of benzene rings is 1. The van der Waals surface area contributed by atoms with Crippen LogP contribution < -0.4 is 20.5 Å². The molecule has 0 radical (unpaired) electrons. The van der Waals surface area contributed by atoms with E-state index in [0.29, 0.717) is 25.3 Å². The first-order valence-electron chi connectivity index (χ1n) is 6.73. The van der Waals surface area contributed by atoms with Gasteiger partial charge < -0.3 is 20.5 Å². The summed E-state index contributed by atoms with van der Waals surface area (Å²) in [5, 5.41) is 3.55. The molecular formula is C14H20N2O2. The van der Waals surface area contributed by atoms with E-state index in [1.54, 1.807) is 0 Å². The van der Waals surface area contributed by atoms with Crippen LogP contribution in [-0.2, 0) is 0 Å². The van der Waals surface area contributed by atoms with Gasteiger partial charge in [0.25, 0.3) is 0 Å². The third-order valence-corrected chi connectivity index (χ3v) is 3.63. The Morgan fingerprint density at radius 3 is 2.78 bits per heavy atom. The Labute approximate surface area is 107 Å². The number of rotatable bonds is 2. The Bertz CT molecular complexity index is 422. The molecule has 1 aromatic carbocycles. The van der Waals surface area contributed by atoms with Crippen molar-refractivity contribution in [3.05, 3.63) is 18.2 Å². The summed E-state index contributed by atoms with van der Waals surface area (Å²) >= 11 is 0. The minimum atomic E-state index is 0.341. The van der Waals surface area contributed by atoms with Gasteiger partial charge in [-0.2, -0.15) is 0 Å². The number of fused-ring (bicyclic) bond motifs is 1. The molecule has 0 spiro atoms. The Hall–Kier alpha value is -1.42. The fraction of sp³-hybridized carbons (Fsp3) is 0.571. The standard InChI is InChI=1S/C14H20N2O2/c15-10-2-1-3-11(8-10)16-12-4-5-13-14(9-12)18-7-6-17-13/h4-5,9-11,16H,1-3,6-8,15H2. The minimum Gasteiger partial charge on any atom is -0.486 e. The largest absolute Gasteiger partial charge is 0.486 e. The zero-order valence-corrected chi connectivity index (χ0v) is 10.5. The van der Waals surface area contributed by atoms with Crippen LogP contribution in [0.25, 0.3) is 0 Å². The molecular weight excluding hydrogens is 228 g/mol.